The van der Waals surface area contributed by atoms with Gasteiger partial charge in [0.25, 0.3) is 11.8 Å². The van der Waals surface area contributed by atoms with Crippen molar-refractivity contribution in [1.82, 2.24) is 30.1 Å². The van der Waals surface area contributed by atoms with Gasteiger partial charge in [-0.2, -0.15) is 5.10 Å². The highest BCUT2D eigenvalue weighted by molar-refractivity contribution is 9.10. The van der Waals surface area contributed by atoms with Crippen LogP contribution in [0.2, 0.25) is 10.0 Å². The van der Waals surface area contributed by atoms with Gasteiger partial charge in [0.2, 0.25) is 0 Å². The number of carbonyl (C=O) groups excluding carboxylic acids is 4. The van der Waals surface area contributed by atoms with E-state index in [1.54, 1.807) is 19.1 Å². The molecule has 0 saturated heterocycles. The van der Waals surface area contributed by atoms with Crippen molar-refractivity contribution in [3.8, 4) is 5.82 Å². The lowest BCUT2D eigenvalue weighted by molar-refractivity contribution is 0.0735. The first-order valence-corrected chi connectivity index (χ1v) is 12.9. The van der Waals surface area contributed by atoms with Crippen LogP contribution >= 0.6 is 39.1 Å². The molecule has 0 unspecified atom stereocenters. The van der Waals surface area contributed by atoms with E-state index < -0.39 is 23.9 Å². The molecular weight excluding hydrogens is 617 g/mol. The number of amides is 5. The number of rotatable bonds is 4. The number of methoxy groups -OCH3 is 1. The van der Waals surface area contributed by atoms with Gasteiger partial charge in [-0.3, -0.25) is 9.59 Å². The summed E-state index contributed by atoms with van der Waals surface area (Å²) < 4.78 is 6.16. The Morgan fingerprint density at radius 3 is 2.33 bits per heavy atom. The van der Waals surface area contributed by atoms with Crippen molar-refractivity contribution in [2.75, 3.05) is 26.5 Å². The monoisotopic (exact) mass is 641 g/mol. The quantitative estimate of drug-likeness (QED) is 0.367. The minimum Gasteiger partial charge on any atom is -0.451 e. The second-order valence-electron chi connectivity index (χ2n) is 7.60. The predicted molar refractivity (Wildman–Crippen MR) is 150 cm³/mol. The molecule has 0 bridgehead atoms. The van der Waals surface area contributed by atoms with E-state index in [2.05, 4.69) is 41.5 Å². The summed E-state index contributed by atoms with van der Waals surface area (Å²) in [5.74, 6) is -1.36. The Kier molecular flexibility index (Phi) is 11.3. The Morgan fingerprint density at radius 2 is 1.74 bits per heavy atom. The van der Waals surface area contributed by atoms with Gasteiger partial charge >= 0.3 is 12.1 Å². The number of urea groups is 1. The normalized spacial score (nSPS) is 10.1. The van der Waals surface area contributed by atoms with E-state index in [0.717, 1.165) is 12.0 Å². The number of carbonyl (C=O) groups is 4. The summed E-state index contributed by atoms with van der Waals surface area (Å²) in [4.78, 5) is 56.3. The third-order valence-corrected chi connectivity index (χ3v) is 5.68. The molecule has 3 rings (SSSR count). The van der Waals surface area contributed by atoms with Crippen molar-refractivity contribution in [2.45, 2.75) is 20.8 Å². The number of hydrazine groups is 1. The van der Waals surface area contributed by atoms with Gasteiger partial charge in [0.05, 0.1) is 23.4 Å². The highest BCUT2D eigenvalue weighted by atomic mass is 79.9. The van der Waals surface area contributed by atoms with Crippen LogP contribution in [-0.2, 0) is 4.74 Å². The van der Waals surface area contributed by atoms with Gasteiger partial charge < -0.3 is 15.0 Å². The molecule has 0 radical (unpaired) electrons. The summed E-state index contributed by atoms with van der Waals surface area (Å²) in [6, 6.07) is 6.60. The number of ether oxygens (including phenoxy) is 1. The van der Waals surface area contributed by atoms with Crippen molar-refractivity contribution in [3.05, 3.63) is 68.0 Å². The molecule has 0 atom stereocenters. The van der Waals surface area contributed by atoms with Gasteiger partial charge in [0, 0.05) is 31.4 Å². The topological polar surface area (TPSA) is 139 Å². The summed E-state index contributed by atoms with van der Waals surface area (Å²) in [6.07, 6.45) is 0.365. The number of halogens is 3. The van der Waals surface area contributed by atoms with Gasteiger partial charge in [0.1, 0.15) is 10.3 Å². The maximum Gasteiger partial charge on any atom is 0.437 e. The molecule has 0 fully saturated rings. The average molecular weight is 643 g/mol. The summed E-state index contributed by atoms with van der Waals surface area (Å²) in [5, 5.41) is 7.72. The van der Waals surface area contributed by atoms with Crippen LogP contribution < -0.4 is 10.7 Å². The molecule has 2 heterocycles. The fourth-order valence-corrected chi connectivity index (χ4v) is 3.95. The predicted octanol–water partition coefficient (Wildman–Crippen LogP) is 5.32. The number of hydrogen-bond donors (Lipinski definition) is 2. The molecule has 12 nitrogen and oxygen atoms in total. The third kappa shape index (κ3) is 7.46. The largest absolute Gasteiger partial charge is 0.451 e. The highest BCUT2D eigenvalue weighted by Gasteiger charge is 2.29. The van der Waals surface area contributed by atoms with Gasteiger partial charge in [-0.25, -0.2) is 24.7 Å². The minimum absolute atomic E-state index is 0.0483. The number of anilines is 1. The molecule has 39 heavy (non-hydrogen) atoms. The van der Waals surface area contributed by atoms with E-state index in [1.165, 1.54) is 43.2 Å². The first-order valence-electron chi connectivity index (χ1n) is 11.3. The Labute approximate surface area is 243 Å². The number of hydrogen-bond acceptors (Lipinski definition) is 7. The van der Waals surface area contributed by atoms with E-state index in [-0.39, 0.29) is 32.8 Å². The molecule has 0 aliphatic heterocycles. The lowest BCUT2D eigenvalue weighted by atomic mass is 10.1. The lowest BCUT2D eigenvalue weighted by Crippen LogP contribution is -2.53. The maximum atomic E-state index is 13.3. The molecule has 1 aromatic carbocycles. The molecule has 0 aliphatic carbocycles. The van der Waals surface area contributed by atoms with Crippen LogP contribution in [0.1, 0.15) is 40.3 Å². The maximum absolute atomic E-state index is 13.3. The zero-order valence-electron chi connectivity index (χ0n) is 21.9. The smallest absolute Gasteiger partial charge is 0.437 e. The van der Waals surface area contributed by atoms with Crippen molar-refractivity contribution >= 4 is 68.8 Å². The molecule has 2 N–H and O–H groups in total. The van der Waals surface area contributed by atoms with E-state index in [0.29, 0.717) is 15.2 Å². The summed E-state index contributed by atoms with van der Waals surface area (Å²) in [5.41, 5.74) is 2.61. The lowest BCUT2D eigenvalue weighted by Gasteiger charge is -2.24. The molecule has 2 aromatic heterocycles. The standard InChI is InChI=1S/C22H20BrCl2N7O5.C2H6/c1-11-8-12(24)9-13(19(33)29-32(22(36)37-4)21(35)30(2)3)17(11)27-20(34)15-10-16(23)28-31(15)18-14(25)6-5-7-26-18;1-2/h5-10H,1-4H3,(H,27,34)(H,29,33);1-2H3. The summed E-state index contributed by atoms with van der Waals surface area (Å²) >= 11 is 15.6. The van der Waals surface area contributed by atoms with E-state index in [1.807, 2.05) is 13.8 Å². The van der Waals surface area contributed by atoms with Gasteiger partial charge in [0.15, 0.2) is 5.82 Å². The molecule has 3 aromatic rings. The number of pyridine rings is 1. The van der Waals surface area contributed by atoms with Gasteiger partial charge in [-0.05, 0) is 52.7 Å². The molecule has 0 spiro atoms. The van der Waals surface area contributed by atoms with Crippen LogP contribution in [0.3, 0.4) is 0 Å². The first-order chi connectivity index (χ1) is 18.4. The molecule has 5 amide bonds. The molecular formula is C24H26BrCl2N7O5. The Balaban J connectivity index is 0.00000260. The molecule has 208 valence electrons. The van der Waals surface area contributed by atoms with Crippen LogP contribution in [-0.4, -0.2) is 69.8 Å². The summed E-state index contributed by atoms with van der Waals surface area (Å²) in [7, 11) is 3.82. The molecule has 15 heteroatoms. The first kappa shape index (κ1) is 31.5. The Hall–Kier alpha value is -3.68. The van der Waals surface area contributed by atoms with Crippen molar-refractivity contribution in [2.24, 2.45) is 0 Å². The van der Waals surface area contributed by atoms with Crippen LogP contribution in [0.5, 0.6) is 0 Å². The highest BCUT2D eigenvalue weighted by Crippen LogP contribution is 2.28. The number of imide groups is 1. The second kappa shape index (κ2) is 13.9. The van der Waals surface area contributed by atoms with Crippen LogP contribution in [0.15, 0.2) is 41.1 Å². The Bertz CT molecular complexity index is 1400. The van der Waals surface area contributed by atoms with Crippen LogP contribution in [0, 0.1) is 6.92 Å². The number of aromatic nitrogens is 3. The second-order valence-corrected chi connectivity index (χ2v) is 9.25. The molecule has 0 aliphatic rings. The SMILES string of the molecule is CC.COC(=O)N(NC(=O)c1cc(Cl)cc(C)c1NC(=O)c1cc(Br)nn1-c1ncccc1Cl)C(=O)N(C)C. The van der Waals surface area contributed by atoms with Gasteiger partial charge in [-0.15, -0.1) is 5.01 Å². The van der Waals surface area contributed by atoms with Crippen molar-refractivity contribution in [3.63, 3.8) is 0 Å². The number of nitrogens with one attached hydrogen (secondary N) is 2. The zero-order chi connectivity index (χ0) is 29.4. The van der Waals surface area contributed by atoms with Crippen molar-refractivity contribution in [1.29, 1.82) is 0 Å². The number of benzene rings is 1. The van der Waals surface area contributed by atoms with E-state index >= 15 is 0 Å². The Morgan fingerprint density at radius 1 is 1.08 bits per heavy atom. The third-order valence-electron chi connectivity index (χ3n) is 4.78. The number of nitrogens with zero attached hydrogens (tertiary/aromatic N) is 5. The molecule has 0 saturated carbocycles. The van der Waals surface area contributed by atoms with Crippen LogP contribution in [0.25, 0.3) is 5.82 Å². The minimum atomic E-state index is -1.13. The van der Waals surface area contributed by atoms with E-state index in [9.17, 15) is 19.2 Å². The average Bonchev–Trinajstić information content (AvgIpc) is 3.30. The van der Waals surface area contributed by atoms with Crippen molar-refractivity contribution < 1.29 is 23.9 Å². The van der Waals surface area contributed by atoms with Crippen LogP contribution in [0.4, 0.5) is 15.3 Å². The number of aryl methyl sites for hydroxylation is 1. The fourth-order valence-electron chi connectivity index (χ4n) is 3.10. The fraction of sp³-hybridized carbons (Fsp3) is 0.250. The zero-order valence-corrected chi connectivity index (χ0v) is 25.0. The van der Waals surface area contributed by atoms with Gasteiger partial charge in [-0.1, -0.05) is 37.0 Å². The summed E-state index contributed by atoms with van der Waals surface area (Å²) in [6.45, 7) is 5.62. The van der Waals surface area contributed by atoms with E-state index in [4.69, 9.17) is 23.2 Å².